The molecule has 3 rings (SSSR count). The van der Waals surface area contributed by atoms with Crippen LogP contribution in [0.5, 0.6) is 0 Å². The Morgan fingerprint density at radius 1 is 1.04 bits per heavy atom. The van der Waals surface area contributed by atoms with Gasteiger partial charge >= 0.3 is 0 Å². The molecule has 0 saturated carbocycles. The maximum atomic E-state index is 12.2. The zero-order chi connectivity index (χ0) is 18.0. The van der Waals surface area contributed by atoms with Crippen LogP contribution in [0.2, 0.25) is 0 Å². The summed E-state index contributed by atoms with van der Waals surface area (Å²) in [5, 5.41) is 4.83. The van der Waals surface area contributed by atoms with Gasteiger partial charge in [-0.1, -0.05) is 0 Å². The van der Waals surface area contributed by atoms with Gasteiger partial charge in [-0.05, 0) is 30.3 Å². The summed E-state index contributed by atoms with van der Waals surface area (Å²) >= 11 is 1.25. The lowest BCUT2D eigenvalue weighted by Gasteiger charge is -2.02. The van der Waals surface area contributed by atoms with Crippen molar-refractivity contribution in [1.29, 1.82) is 0 Å². The second-order valence-corrected chi connectivity index (χ2v) is 5.96. The van der Waals surface area contributed by atoms with Crippen LogP contribution in [-0.2, 0) is 0 Å². The molecule has 0 aliphatic carbocycles. The lowest BCUT2D eigenvalue weighted by Crippen LogP contribution is -2.14. The van der Waals surface area contributed by atoms with Crippen LogP contribution in [0, 0.1) is 0 Å². The van der Waals surface area contributed by atoms with E-state index in [1.165, 1.54) is 35.6 Å². The maximum Gasteiger partial charge on any atom is 0.265 e. The molecule has 2 aromatic heterocycles. The van der Waals surface area contributed by atoms with E-state index in [-0.39, 0.29) is 11.6 Å². The Hall–Kier alpha value is -3.46. The largest absolute Gasteiger partial charge is 0.366 e. The fourth-order valence-corrected chi connectivity index (χ4v) is 2.82. The van der Waals surface area contributed by atoms with Gasteiger partial charge in [-0.2, -0.15) is 0 Å². The van der Waals surface area contributed by atoms with Crippen LogP contribution in [0.25, 0.3) is 11.3 Å². The predicted octanol–water partition coefficient (Wildman–Crippen LogP) is 1.59. The molecule has 3 aromatic rings. The molecule has 0 fully saturated rings. The number of nitrogens with one attached hydrogen (secondary N) is 2. The monoisotopic (exact) mass is 355 g/mol. The van der Waals surface area contributed by atoms with Gasteiger partial charge in [0.15, 0.2) is 5.13 Å². The number of amides is 3. The first-order valence-electron chi connectivity index (χ1n) is 7.09. The summed E-state index contributed by atoms with van der Waals surface area (Å²) in [6.45, 7) is 0. The maximum absolute atomic E-state index is 12.2. The zero-order valence-corrected chi connectivity index (χ0v) is 13.6. The number of benzene rings is 1. The number of primary amides is 2. The van der Waals surface area contributed by atoms with E-state index >= 15 is 0 Å². The highest BCUT2D eigenvalue weighted by Gasteiger charge is 2.12. The molecule has 0 aliphatic heterocycles. The first-order valence-corrected chi connectivity index (χ1v) is 7.97. The molecule has 126 valence electrons. The molecule has 8 nitrogen and oxygen atoms in total. The molecule has 1 aromatic carbocycles. The van der Waals surface area contributed by atoms with Crippen molar-refractivity contribution < 1.29 is 14.4 Å². The molecule has 0 saturated heterocycles. The van der Waals surface area contributed by atoms with Crippen LogP contribution in [0.4, 0.5) is 5.13 Å². The van der Waals surface area contributed by atoms with Crippen LogP contribution in [0.1, 0.15) is 31.2 Å². The van der Waals surface area contributed by atoms with Gasteiger partial charge in [-0.3, -0.25) is 19.7 Å². The van der Waals surface area contributed by atoms with E-state index in [4.69, 9.17) is 11.5 Å². The van der Waals surface area contributed by atoms with Crippen LogP contribution < -0.4 is 16.8 Å². The first-order chi connectivity index (χ1) is 11.9. The minimum absolute atomic E-state index is 0.281. The van der Waals surface area contributed by atoms with Crippen LogP contribution >= 0.6 is 11.3 Å². The topological polar surface area (TPSA) is 144 Å². The number of thiazole rings is 1. The van der Waals surface area contributed by atoms with Gasteiger partial charge in [0.2, 0.25) is 5.91 Å². The van der Waals surface area contributed by atoms with E-state index in [0.29, 0.717) is 27.5 Å². The van der Waals surface area contributed by atoms with E-state index in [9.17, 15) is 14.4 Å². The number of nitrogens with zero attached hydrogens (tertiary/aromatic N) is 1. The number of carbonyl (C=O) groups is 3. The quantitative estimate of drug-likeness (QED) is 0.551. The predicted molar refractivity (Wildman–Crippen MR) is 93.3 cm³/mol. The smallest absolute Gasteiger partial charge is 0.265 e. The van der Waals surface area contributed by atoms with Crippen molar-refractivity contribution in [1.82, 2.24) is 9.97 Å². The molecule has 2 heterocycles. The van der Waals surface area contributed by atoms with Gasteiger partial charge < -0.3 is 16.5 Å². The van der Waals surface area contributed by atoms with Gasteiger partial charge in [-0.15, -0.1) is 11.3 Å². The molecule has 0 unspecified atom stereocenters. The standard InChI is InChI=1S/C16H13N5O3S/c17-13(22)8-1-3-9(4-2-8)15(24)21-16-20-12(7-25-16)10-5-11(14(18)23)19-6-10/h1-7,19H,(H2,17,22)(H2,18,23)(H,20,21,24). The van der Waals surface area contributed by atoms with E-state index in [0.717, 1.165) is 0 Å². The number of hydrogen-bond donors (Lipinski definition) is 4. The number of carbonyl (C=O) groups excluding carboxylic acids is 3. The summed E-state index contributed by atoms with van der Waals surface area (Å²) in [5.74, 6) is -1.48. The van der Waals surface area contributed by atoms with Crippen molar-refractivity contribution in [3.8, 4) is 11.3 Å². The number of H-pyrrole nitrogens is 1. The average molecular weight is 355 g/mol. The summed E-state index contributed by atoms with van der Waals surface area (Å²) in [6, 6.07) is 7.57. The molecule has 25 heavy (non-hydrogen) atoms. The number of nitrogens with two attached hydrogens (primary N) is 2. The van der Waals surface area contributed by atoms with Gasteiger partial charge in [0.1, 0.15) is 5.69 Å². The number of hydrogen-bond acceptors (Lipinski definition) is 5. The minimum atomic E-state index is -0.561. The lowest BCUT2D eigenvalue weighted by atomic mass is 10.1. The van der Waals surface area contributed by atoms with Crippen molar-refractivity contribution in [3.05, 3.63) is 58.7 Å². The van der Waals surface area contributed by atoms with Crippen molar-refractivity contribution >= 4 is 34.2 Å². The zero-order valence-electron chi connectivity index (χ0n) is 12.8. The van der Waals surface area contributed by atoms with Gasteiger partial charge in [0, 0.05) is 28.3 Å². The van der Waals surface area contributed by atoms with Gasteiger partial charge in [0.05, 0.1) is 5.69 Å². The van der Waals surface area contributed by atoms with E-state index < -0.39 is 11.8 Å². The van der Waals surface area contributed by atoms with Crippen molar-refractivity contribution in [2.24, 2.45) is 11.5 Å². The Kier molecular flexibility index (Phi) is 4.31. The van der Waals surface area contributed by atoms with Gasteiger partial charge in [0.25, 0.3) is 11.8 Å². The highest BCUT2D eigenvalue weighted by atomic mass is 32.1. The normalized spacial score (nSPS) is 10.4. The third-order valence-corrected chi connectivity index (χ3v) is 4.16. The Bertz CT molecular complexity index is 958. The van der Waals surface area contributed by atoms with Crippen molar-refractivity contribution in [2.45, 2.75) is 0 Å². The Morgan fingerprint density at radius 2 is 1.72 bits per heavy atom. The van der Waals surface area contributed by atoms with E-state index in [2.05, 4.69) is 15.3 Å². The number of rotatable bonds is 5. The van der Waals surface area contributed by atoms with Crippen molar-refractivity contribution in [2.75, 3.05) is 5.32 Å². The molecule has 0 atom stereocenters. The first kappa shape index (κ1) is 16.4. The summed E-state index contributed by atoms with van der Waals surface area (Å²) < 4.78 is 0. The van der Waals surface area contributed by atoms with Gasteiger partial charge in [-0.25, -0.2) is 4.98 Å². The number of aromatic nitrogens is 2. The lowest BCUT2D eigenvalue weighted by molar-refractivity contribution is 0.0989. The molecule has 0 radical (unpaired) electrons. The second kappa shape index (κ2) is 6.57. The van der Waals surface area contributed by atoms with Crippen LogP contribution in [-0.4, -0.2) is 27.7 Å². The Labute approximate surface area is 145 Å². The Morgan fingerprint density at radius 3 is 2.32 bits per heavy atom. The summed E-state index contributed by atoms with van der Waals surface area (Å²) in [5.41, 5.74) is 12.6. The SMILES string of the molecule is NC(=O)c1ccc(C(=O)Nc2nc(-c3c[nH]c(C(N)=O)c3)cs2)cc1. The third-order valence-electron chi connectivity index (χ3n) is 3.40. The Balaban J connectivity index is 1.73. The summed E-state index contributed by atoms with van der Waals surface area (Å²) in [4.78, 5) is 41.4. The molecular weight excluding hydrogens is 342 g/mol. The molecule has 9 heteroatoms. The highest BCUT2D eigenvalue weighted by molar-refractivity contribution is 7.14. The number of anilines is 1. The van der Waals surface area contributed by atoms with E-state index in [1.807, 2.05) is 0 Å². The molecule has 3 amide bonds. The fraction of sp³-hybridized carbons (Fsp3) is 0. The van der Waals surface area contributed by atoms with Crippen LogP contribution in [0.15, 0.2) is 41.9 Å². The molecule has 0 aliphatic rings. The highest BCUT2D eigenvalue weighted by Crippen LogP contribution is 2.25. The van der Waals surface area contributed by atoms with Crippen molar-refractivity contribution in [3.63, 3.8) is 0 Å². The molecule has 6 N–H and O–H groups in total. The second-order valence-electron chi connectivity index (χ2n) is 5.10. The average Bonchev–Trinajstić information content (AvgIpc) is 3.23. The summed E-state index contributed by atoms with van der Waals surface area (Å²) in [6.07, 6.45) is 1.61. The number of aromatic amines is 1. The van der Waals surface area contributed by atoms with E-state index in [1.54, 1.807) is 17.6 Å². The minimum Gasteiger partial charge on any atom is -0.366 e. The molecule has 0 bridgehead atoms. The molecule has 0 spiro atoms. The molecular formula is C16H13N5O3S. The summed E-state index contributed by atoms with van der Waals surface area (Å²) in [7, 11) is 0. The third kappa shape index (κ3) is 3.56. The van der Waals surface area contributed by atoms with Crippen LogP contribution in [0.3, 0.4) is 0 Å². The fourth-order valence-electron chi connectivity index (χ4n) is 2.10.